The van der Waals surface area contributed by atoms with E-state index in [0.717, 1.165) is 18.8 Å². The third-order valence-electron chi connectivity index (χ3n) is 3.31. The van der Waals surface area contributed by atoms with Crippen molar-refractivity contribution >= 4 is 12.0 Å². The monoisotopic (exact) mass is 306 g/mol. The summed E-state index contributed by atoms with van der Waals surface area (Å²) in [5.74, 6) is 0.970. The van der Waals surface area contributed by atoms with Crippen molar-refractivity contribution in [2.75, 3.05) is 13.7 Å². The Morgan fingerprint density at radius 3 is 2.68 bits per heavy atom. The van der Waals surface area contributed by atoms with Crippen LogP contribution in [0.1, 0.15) is 45.1 Å². The number of aromatic hydroxyl groups is 1. The highest BCUT2D eigenvalue weighted by atomic mass is 16.5. The van der Waals surface area contributed by atoms with E-state index in [1.807, 2.05) is 0 Å². The van der Waals surface area contributed by atoms with Crippen LogP contribution in [0.4, 0.5) is 0 Å². The number of ether oxygens (including phenoxy) is 2. The highest BCUT2D eigenvalue weighted by Crippen LogP contribution is 2.24. The van der Waals surface area contributed by atoms with E-state index in [4.69, 9.17) is 9.47 Å². The number of hydrogen-bond donors (Lipinski definition) is 1. The number of carbonyl (C=O) groups excluding carboxylic acids is 1. The van der Waals surface area contributed by atoms with Gasteiger partial charge in [0.25, 0.3) is 0 Å². The van der Waals surface area contributed by atoms with Gasteiger partial charge in [-0.3, -0.25) is 0 Å². The SMILES string of the molecule is COc1ccc(/C=C/C(=O)OCCCCCC(C)C)c(O)c1. The summed E-state index contributed by atoms with van der Waals surface area (Å²) in [6.45, 7) is 4.86. The molecule has 22 heavy (non-hydrogen) atoms. The van der Waals surface area contributed by atoms with Gasteiger partial charge in [-0.15, -0.1) is 0 Å². The van der Waals surface area contributed by atoms with E-state index < -0.39 is 0 Å². The van der Waals surface area contributed by atoms with E-state index >= 15 is 0 Å². The molecule has 0 heterocycles. The van der Waals surface area contributed by atoms with Crippen LogP contribution in [0.5, 0.6) is 11.5 Å². The molecule has 0 aliphatic carbocycles. The van der Waals surface area contributed by atoms with Crippen molar-refractivity contribution in [3.8, 4) is 11.5 Å². The Labute approximate surface area is 132 Å². The predicted molar refractivity (Wildman–Crippen MR) is 88.0 cm³/mol. The lowest BCUT2D eigenvalue weighted by Crippen LogP contribution is -2.02. The first-order valence-corrected chi connectivity index (χ1v) is 7.74. The zero-order valence-electron chi connectivity index (χ0n) is 13.7. The summed E-state index contributed by atoms with van der Waals surface area (Å²) >= 11 is 0. The summed E-state index contributed by atoms with van der Waals surface area (Å²) in [6.07, 6.45) is 7.22. The molecule has 4 heteroatoms. The lowest BCUT2D eigenvalue weighted by Gasteiger charge is -2.05. The Kier molecular flexibility index (Phi) is 8.11. The minimum Gasteiger partial charge on any atom is -0.507 e. The standard InChI is InChI=1S/C18H26O4/c1-14(2)7-5-4-6-12-22-18(20)11-9-15-8-10-16(21-3)13-17(15)19/h8-11,13-14,19H,4-7,12H2,1-3H3/b11-9+. The Morgan fingerprint density at radius 2 is 2.05 bits per heavy atom. The molecule has 0 bridgehead atoms. The number of carbonyl (C=O) groups is 1. The number of benzene rings is 1. The van der Waals surface area contributed by atoms with Crippen molar-refractivity contribution in [3.05, 3.63) is 29.8 Å². The van der Waals surface area contributed by atoms with Crippen molar-refractivity contribution in [3.63, 3.8) is 0 Å². The van der Waals surface area contributed by atoms with Gasteiger partial charge in [0.15, 0.2) is 0 Å². The van der Waals surface area contributed by atoms with Gasteiger partial charge in [-0.1, -0.05) is 33.1 Å². The van der Waals surface area contributed by atoms with Crippen LogP contribution in [-0.2, 0) is 9.53 Å². The van der Waals surface area contributed by atoms with Crippen molar-refractivity contribution in [1.82, 2.24) is 0 Å². The van der Waals surface area contributed by atoms with Crippen molar-refractivity contribution < 1.29 is 19.4 Å². The first-order chi connectivity index (χ1) is 10.5. The summed E-state index contributed by atoms with van der Waals surface area (Å²) in [7, 11) is 1.53. The molecular formula is C18H26O4. The Balaban J connectivity index is 2.29. The van der Waals surface area contributed by atoms with E-state index in [9.17, 15) is 9.90 Å². The molecule has 4 nitrogen and oxygen atoms in total. The zero-order chi connectivity index (χ0) is 16.4. The molecule has 1 N–H and O–H groups in total. The van der Waals surface area contributed by atoms with Crippen molar-refractivity contribution in [1.29, 1.82) is 0 Å². The molecule has 1 rings (SSSR count). The average molecular weight is 306 g/mol. The van der Waals surface area contributed by atoms with Crippen molar-refractivity contribution in [2.24, 2.45) is 5.92 Å². The molecule has 122 valence electrons. The Morgan fingerprint density at radius 1 is 1.27 bits per heavy atom. The molecule has 0 aromatic heterocycles. The first-order valence-electron chi connectivity index (χ1n) is 7.74. The van der Waals surface area contributed by atoms with Gasteiger partial charge < -0.3 is 14.6 Å². The van der Waals surface area contributed by atoms with Gasteiger partial charge in [-0.25, -0.2) is 4.79 Å². The highest BCUT2D eigenvalue weighted by molar-refractivity contribution is 5.87. The van der Waals surface area contributed by atoms with Crippen LogP contribution in [0.3, 0.4) is 0 Å². The molecule has 0 amide bonds. The largest absolute Gasteiger partial charge is 0.507 e. The average Bonchev–Trinajstić information content (AvgIpc) is 2.49. The molecule has 0 atom stereocenters. The Bertz CT molecular complexity index is 492. The van der Waals surface area contributed by atoms with E-state index in [0.29, 0.717) is 17.9 Å². The number of phenols is 1. The van der Waals surface area contributed by atoms with Crippen LogP contribution in [0.2, 0.25) is 0 Å². The molecule has 0 saturated carbocycles. The number of methoxy groups -OCH3 is 1. The second-order valence-electron chi connectivity index (χ2n) is 5.67. The fourth-order valence-corrected chi connectivity index (χ4v) is 2.00. The van der Waals surface area contributed by atoms with Gasteiger partial charge in [0.1, 0.15) is 11.5 Å². The van der Waals surface area contributed by atoms with Gasteiger partial charge in [-0.05, 0) is 30.5 Å². The van der Waals surface area contributed by atoms with E-state index in [2.05, 4.69) is 13.8 Å². The predicted octanol–water partition coefficient (Wildman–Crippen LogP) is 4.17. The second-order valence-corrected chi connectivity index (χ2v) is 5.67. The third-order valence-corrected chi connectivity index (χ3v) is 3.31. The van der Waals surface area contributed by atoms with Crippen molar-refractivity contribution in [2.45, 2.75) is 39.5 Å². The number of phenolic OH excluding ortho intramolecular Hbond substituents is 1. The maximum absolute atomic E-state index is 11.6. The minimum absolute atomic E-state index is 0.0667. The van der Waals surface area contributed by atoms with E-state index in [1.54, 1.807) is 12.1 Å². The van der Waals surface area contributed by atoms with Crippen LogP contribution < -0.4 is 4.74 Å². The molecular weight excluding hydrogens is 280 g/mol. The zero-order valence-corrected chi connectivity index (χ0v) is 13.7. The van der Waals surface area contributed by atoms with Gasteiger partial charge in [0, 0.05) is 17.7 Å². The smallest absolute Gasteiger partial charge is 0.330 e. The van der Waals surface area contributed by atoms with Crippen LogP contribution in [0.15, 0.2) is 24.3 Å². The second kappa shape index (κ2) is 9.87. The lowest BCUT2D eigenvalue weighted by molar-refractivity contribution is -0.137. The van der Waals surface area contributed by atoms with Crippen LogP contribution in [0.25, 0.3) is 6.08 Å². The number of unbranched alkanes of at least 4 members (excludes halogenated alkanes) is 2. The normalized spacial score (nSPS) is 11.1. The minimum atomic E-state index is -0.390. The lowest BCUT2D eigenvalue weighted by atomic mass is 10.1. The molecule has 0 radical (unpaired) electrons. The fraction of sp³-hybridized carbons (Fsp3) is 0.500. The van der Waals surface area contributed by atoms with Gasteiger partial charge in [0.2, 0.25) is 0 Å². The van der Waals surface area contributed by atoms with Crippen LogP contribution >= 0.6 is 0 Å². The summed E-state index contributed by atoms with van der Waals surface area (Å²) in [5.41, 5.74) is 0.551. The Hall–Kier alpha value is -1.97. The summed E-state index contributed by atoms with van der Waals surface area (Å²) in [5, 5.41) is 9.77. The quantitative estimate of drug-likeness (QED) is 0.422. The van der Waals surface area contributed by atoms with Crippen LogP contribution in [0, 0.1) is 5.92 Å². The summed E-state index contributed by atoms with van der Waals surface area (Å²) in [4.78, 5) is 11.6. The van der Waals surface area contributed by atoms with Gasteiger partial charge in [0.05, 0.1) is 13.7 Å². The number of esters is 1. The summed E-state index contributed by atoms with van der Waals surface area (Å²) < 4.78 is 10.1. The molecule has 1 aromatic carbocycles. The molecule has 0 fully saturated rings. The maximum Gasteiger partial charge on any atom is 0.330 e. The van der Waals surface area contributed by atoms with Crippen LogP contribution in [-0.4, -0.2) is 24.8 Å². The number of rotatable bonds is 9. The topological polar surface area (TPSA) is 55.8 Å². The molecule has 0 spiro atoms. The summed E-state index contributed by atoms with van der Waals surface area (Å²) in [6, 6.07) is 4.91. The first kappa shape index (κ1) is 18.1. The van der Waals surface area contributed by atoms with Gasteiger partial charge in [-0.2, -0.15) is 0 Å². The third kappa shape index (κ3) is 7.16. The molecule has 0 aliphatic heterocycles. The maximum atomic E-state index is 11.6. The molecule has 0 unspecified atom stereocenters. The fourth-order valence-electron chi connectivity index (χ4n) is 2.00. The highest BCUT2D eigenvalue weighted by Gasteiger charge is 2.02. The number of hydrogen-bond acceptors (Lipinski definition) is 4. The molecule has 1 aromatic rings. The van der Waals surface area contributed by atoms with Gasteiger partial charge >= 0.3 is 5.97 Å². The molecule has 0 saturated heterocycles. The molecule has 0 aliphatic rings. The van der Waals surface area contributed by atoms with E-state index in [-0.39, 0.29) is 11.7 Å². The van der Waals surface area contributed by atoms with E-state index in [1.165, 1.54) is 38.2 Å².